The van der Waals surface area contributed by atoms with Gasteiger partial charge in [0.25, 0.3) is 0 Å². The van der Waals surface area contributed by atoms with Gasteiger partial charge in [-0.1, -0.05) is 89.8 Å². The maximum absolute atomic E-state index is 13.5. The topological polar surface area (TPSA) is 52.7 Å². The Morgan fingerprint density at radius 1 is 0.970 bits per heavy atom. The molecule has 1 saturated carbocycles. The van der Waals surface area contributed by atoms with Crippen LogP contribution in [0, 0.1) is 0 Å². The molecule has 5 heteroatoms. The van der Waals surface area contributed by atoms with Crippen LogP contribution in [-0.2, 0) is 9.59 Å². The van der Waals surface area contributed by atoms with E-state index in [-0.39, 0.29) is 18.4 Å². The second-order valence-corrected chi connectivity index (χ2v) is 9.50. The van der Waals surface area contributed by atoms with Crippen LogP contribution in [0.2, 0.25) is 0 Å². The summed E-state index contributed by atoms with van der Waals surface area (Å²) >= 11 is 0. The van der Waals surface area contributed by atoms with Crippen molar-refractivity contribution in [3.05, 3.63) is 60.2 Å². The molecule has 1 heterocycles. The Bertz CT molecular complexity index is 920. The summed E-state index contributed by atoms with van der Waals surface area (Å²) in [5.41, 5.74) is 2.49. The van der Waals surface area contributed by atoms with Gasteiger partial charge in [-0.05, 0) is 42.5 Å². The molecule has 1 aliphatic carbocycles. The van der Waals surface area contributed by atoms with E-state index in [0.717, 1.165) is 42.6 Å². The summed E-state index contributed by atoms with van der Waals surface area (Å²) in [7, 11) is 0. The molecule has 0 radical (unpaired) electrons. The zero-order chi connectivity index (χ0) is 23.8. The van der Waals surface area contributed by atoms with E-state index in [1.54, 1.807) is 4.90 Å². The first kappa shape index (κ1) is 24.8. The minimum Gasteiger partial charge on any atom is -0.339 e. The molecule has 0 unspecified atom stereocenters. The van der Waals surface area contributed by atoms with Gasteiger partial charge in [-0.3, -0.25) is 9.59 Å². The predicted molar refractivity (Wildman–Crippen MR) is 136 cm³/mol. The van der Waals surface area contributed by atoms with Gasteiger partial charge in [0, 0.05) is 11.4 Å². The molecule has 0 atom stereocenters. The highest BCUT2D eigenvalue weighted by Crippen LogP contribution is 2.42. The van der Waals surface area contributed by atoms with Crippen LogP contribution in [0.3, 0.4) is 0 Å². The van der Waals surface area contributed by atoms with E-state index in [0.29, 0.717) is 12.6 Å². The molecule has 2 aromatic carbocycles. The van der Waals surface area contributed by atoms with Crippen molar-refractivity contribution in [2.24, 2.45) is 0 Å². The van der Waals surface area contributed by atoms with Crippen molar-refractivity contribution in [1.29, 1.82) is 0 Å². The first-order chi connectivity index (χ1) is 15.9. The van der Waals surface area contributed by atoms with Gasteiger partial charge in [0.15, 0.2) is 0 Å². The Morgan fingerprint density at radius 2 is 1.58 bits per heavy atom. The summed E-state index contributed by atoms with van der Waals surface area (Å²) in [5, 5.41) is 3.03. The van der Waals surface area contributed by atoms with Gasteiger partial charge in [-0.2, -0.15) is 0 Å². The van der Waals surface area contributed by atoms with Crippen molar-refractivity contribution in [2.45, 2.75) is 77.7 Å². The Kier molecular flexibility index (Phi) is 8.54. The van der Waals surface area contributed by atoms with Crippen molar-refractivity contribution in [3.63, 3.8) is 0 Å². The maximum Gasteiger partial charge on any atom is 0.250 e. The number of hydrogen-bond donors (Lipinski definition) is 1. The lowest BCUT2D eigenvalue weighted by Crippen LogP contribution is -2.51. The maximum atomic E-state index is 13.5. The summed E-state index contributed by atoms with van der Waals surface area (Å²) in [6.07, 6.45) is 6.24. The quantitative estimate of drug-likeness (QED) is 0.593. The molecular weight excluding hydrogens is 410 g/mol. The van der Waals surface area contributed by atoms with Crippen LogP contribution in [0.5, 0.6) is 0 Å². The lowest BCUT2D eigenvalue weighted by atomic mass is 9.80. The fourth-order valence-corrected chi connectivity index (χ4v) is 4.94. The van der Waals surface area contributed by atoms with Gasteiger partial charge < -0.3 is 15.1 Å². The van der Waals surface area contributed by atoms with Gasteiger partial charge >= 0.3 is 0 Å². The third kappa shape index (κ3) is 5.58. The smallest absolute Gasteiger partial charge is 0.250 e. The second kappa shape index (κ2) is 11.4. The molecule has 2 fully saturated rings. The highest BCUT2D eigenvalue weighted by Gasteiger charge is 2.52. The van der Waals surface area contributed by atoms with E-state index in [9.17, 15) is 9.59 Å². The normalized spacial score (nSPS) is 17.2. The number of benzene rings is 2. The standard InChI is InChI=1S/C25H31N3O2.C3H8/c1-19(2)21-13-7-8-14-22(21)26-23(29)17-27-18-28(20-11-5-3-6-12-20)25(24(27)30)15-9-4-10-16-25;1-3-2/h3,5-8,11-14,19H,4,9-10,15-18H2,1-2H3,(H,26,29);3H2,1-2H3. The molecule has 2 aliphatic rings. The minimum atomic E-state index is -0.504. The van der Waals surface area contributed by atoms with Crippen LogP contribution in [0.1, 0.15) is 77.7 Å². The monoisotopic (exact) mass is 449 g/mol. The number of carbonyl (C=O) groups excluding carboxylic acids is 2. The number of nitrogens with zero attached hydrogens (tertiary/aromatic N) is 2. The number of hydrogen-bond acceptors (Lipinski definition) is 3. The fourth-order valence-electron chi connectivity index (χ4n) is 4.94. The van der Waals surface area contributed by atoms with E-state index in [2.05, 4.69) is 50.0 Å². The van der Waals surface area contributed by atoms with Gasteiger partial charge in [-0.25, -0.2) is 0 Å². The van der Waals surface area contributed by atoms with Gasteiger partial charge in [-0.15, -0.1) is 0 Å². The highest BCUT2D eigenvalue weighted by molar-refractivity contribution is 5.99. The number of anilines is 2. The predicted octanol–water partition coefficient (Wildman–Crippen LogP) is 6.17. The molecule has 1 N–H and O–H groups in total. The van der Waals surface area contributed by atoms with Crippen molar-refractivity contribution < 1.29 is 9.59 Å². The van der Waals surface area contributed by atoms with E-state index < -0.39 is 5.54 Å². The van der Waals surface area contributed by atoms with Crippen LogP contribution in [0.25, 0.3) is 0 Å². The summed E-state index contributed by atoms with van der Waals surface area (Å²) in [6, 6.07) is 18.0. The molecular formula is C28H39N3O2. The van der Waals surface area contributed by atoms with E-state index >= 15 is 0 Å². The number of nitrogens with one attached hydrogen (secondary N) is 1. The summed E-state index contributed by atoms with van der Waals surface area (Å²) < 4.78 is 0. The first-order valence-corrected chi connectivity index (χ1v) is 12.4. The zero-order valence-corrected chi connectivity index (χ0v) is 20.6. The zero-order valence-electron chi connectivity index (χ0n) is 20.6. The molecule has 178 valence electrons. The third-order valence-corrected chi connectivity index (χ3v) is 6.45. The summed E-state index contributed by atoms with van der Waals surface area (Å²) in [4.78, 5) is 30.4. The molecule has 5 nitrogen and oxygen atoms in total. The van der Waals surface area contributed by atoms with Crippen LogP contribution < -0.4 is 10.2 Å². The molecule has 2 aromatic rings. The molecule has 0 bridgehead atoms. The minimum absolute atomic E-state index is 0.0797. The Labute approximate surface area is 199 Å². The van der Waals surface area contributed by atoms with Crippen LogP contribution in [-0.4, -0.2) is 35.5 Å². The molecule has 1 spiro atoms. The lowest BCUT2D eigenvalue weighted by molar-refractivity contribution is -0.135. The van der Waals surface area contributed by atoms with E-state index in [1.165, 1.54) is 12.8 Å². The van der Waals surface area contributed by atoms with Crippen LogP contribution in [0.15, 0.2) is 54.6 Å². The van der Waals surface area contributed by atoms with Crippen molar-refractivity contribution in [3.8, 4) is 0 Å². The van der Waals surface area contributed by atoms with Gasteiger partial charge in [0.2, 0.25) is 11.8 Å². The Morgan fingerprint density at radius 3 is 2.21 bits per heavy atom. The van der Waals surface area contributed by atoms with E-state index in [4.69, 9.17) is 0 Å². The molecule has 1 saturated heterocycles. The average Bonchev–Trinajstić information content (AvgIpc) is 3.07. The summed E-state index contributed by atoms with van der Waals surface area (Å²) in [6.45, 7) is 9.01. The molecule has 33 heavy (non-hydrogen) atoms. The molecule has 1 aliphatic heterocycles. The van der Waals surface area contributed by atoms with Gasteiger partial charge in [0.1, 0.15) is 12.1 Å². The van der Waals surface area contributed by atoms with Crippen LogP contribution >= 0.6 is 0 Å². The number of carbonyl (C=O) groups is 2. The van der Waals surface area contributed by atoms with E-state index in [1.807, 2.05) is 42.5 Å². The Hall–Kier alpha value is -2.82. The second-order valence-electron chi connectivity index (χ2n) is 9.50. The van der Waals surface area contributed by atoms with Crippen molar-refractivity contribution in [2.75, 3.05) is 23.4 Å². The molecule has 0 aromatic heterocycles. The Balaban J connectivity index is 0.000000968. The lowest BCUT2D eigenvalue weighted by Gasteiger charge is -2.39. The van der Waals surface area contributed by atoms with Crippen molar-refractivity contribution >= 4 is 23.2 Å². The van der Waals surface area contributed by atoms with Crippen molar-refractivity contribution in [1.82, 2.24) is 4.90 Å². The first-order valence-electron chi connectivity index (χ1n) is 12.4. The largest absolute Gasteiger partial charge is 0.339 e. The summed E-state index contributed by atoms with van der Waals surface area (Å²) in [5.74, 6) is 0.268. The SMILES string of the molecule is CC(C)c1ccccc1NC(=O)CN1CN(c2ccccc2)C2(CCCCC2)C1=O.CCC. The van der Waals surface area contributed by atoms with Gasteiger partial charge in [0.05, 0.1) is 6.67 Å². The number of amides is 2. The fraction of sp³-hybridized carbons (Fsp3) is 0.500. The third-order valence-electron chi connectivity index (χ3n) is 6.45. The molecule has 4 rings (SSSR count). The average molecular weight is 450 g/mol. The highest BCUT2D eigenvalue weighted by atomic mass is 16.2. The molecule has 2 amide bonds. The number of para-hydroxylation sites is 2. The van der Waals surface area contributed by atoms with Crippen LogP contribution in [0.4, 0.5) is 11.4 Å². The number of rotatable bonds is 5.